The van der Waals surface area contributed by atoms with Gasteiger partial charge in [0, 0.05) is 18.0 Å². The highest BCUT2D eigenvalue weighted by atomic mass is 32.1. The third-order valence-electron chi connectivity index (χ3n) is 3.66. The molecule has 0 saturated carbocycles. The summed E-state index contributed by atoms with van der Waals surface area (Å²) < 4.78 is 5.55. The van der Waals surface area contributed by atoms with Gasteiger partial charge in [0.05, 0.1) is 23.1 Å². The predicted molar refractivity (Wildman–Crippen MR) is 102 cm³/mol. The summed E-state index contributed by atoms with van der Waals surface area (Å²) >= 11 is 1.38. The Bertz CT molecular complexity index is 927. The monoisotopic (exact) mass is 383 g/mol. The quantitative estimate of drug-likeness (QED) is 0.475. The van der Waals surface area contributed by atoms with Gasteiger partial charge in [-0.2, -0.15) is 0 Å². The van der Waals surface area contributed by atoms with Crippen molar-refractivity contribution < 1.29 is 14.5 Å². The number of non-ortho nitro benzene ring substituents is 1. The maximum atomic E-state index is 12.0. The minimum absolute atomic E-state index is 0.0263. The summed E-state index contributed by atoms with van der Waals surface area (Å²) in [6, 6.07) is 15.7. The van der Waals surface area contributed by atoms with Crippen LogP contribution in [0.15, 0.2) is 60.0 Å². The molecule has 1 amide bonds. The Morgan fingerprint density at radius 1 is 1.19 bits per heavy atom. The molecular weight excluding hydrogens is 366 g/mol. The van der Waals surface area contributed by atoms with Crippen LogP contribution in [-0.4, -0.2) is 15.8 Å². The fourth-order valence-corrected chi connectivity index (χ4v) is 3.11. The third-order valence-corrected chi connectivity index (χ3v) is 4.56. The molecule has 0 spiro atoms. The van der Waals surface area contributed by atoms with E-state index in [2.05, 4.69) is 10.3 Å². The maximum Gasteiger partial charge on any atom is 0.273 e. The highest BCUT2D eigenvalue weighted by Crippen LogP contribution is 2.20. The van der Waals surface area contributed by atoms with Crippen molar-refractivity contribution in [1.82, 2.24) is 10.3 Å². The molecule has 1 heterocycles. The molecule has 0 aliphatic carbocycles. The van der Waals surface area contributed by atoms with E-state index in [9.17, 15) is 14.9 Å². The summed E-state index contributed by atoms with van der Waals surface area (Å²) in [7, 11) is 0. The van der Waals surface area contributed by atoms with Crippen molar-refractivity contribution in [3.05, 3.63) is 86.4 Å². The SMILES string of the molecule is O=C(Cc1nc(COc2cccc([N+](=O)[O-])c2)cs1)NCc1ccccc1. The number of nitrogens with zero attached hydrogens (tertiary/aromatic N) is 2. The van der Waals surface area contributed by atoms with Gasteiger partial charge >= 0.3 is 0 Å². The number of amides is 1. The molecule has 0 unspecified atom stereocenters. The molecule has 0 bridgehead atoms. The van der Waals surface area contributed by atoms with E-state index in [4.69, 9.17) is 4.74 Å². The topological polar surface area (TPSA) is 94.4 Å². The van der Waals surface area contributed by atoms with Gasteiger partial charge in [-0.3, -0.25) is 14.9 Å². The zero-order chi connectivity index (χ0) is 19.1. The molecule has 2 aromatic carbocycles. The molecule has 8 heteroatoms. The van der Waals surface area contributed by atoms with Crippen LogP contribution in [0.3, 0.4) is 0 Å². The summed E-state index contributed by atoms with van der Waals surface area (Å²) in [5, 5.41) is 16.2. The summed E-state index contributed by atoms with van der Waals surface area (Å²) in [5.41, 5.74) is 1.69. The van der Waals surface area contributed by atoms with Crippen LogP contribution in [0.1, 0.15) is 16.3 Å². The molecule has 0 fully saturated rings. The van der Waals surface area contributed by atoms with E-state index in [-0.39, 0.29) is 24.6 Å². The minimum Gasteiger partial charge on any atom is -0.487 e. The van der Waals surface area contributed by atoms with Gasteiger partial charge in [0.25, 0.3) is 5.69 Å². The number of aromatic nitrogens is 1. The largest absolute Gasteiger partial charge is 0.487 e. The Labute approximate surface area is 159 Å². The first-order valence-corrected chi connectivity index (χ1v) is 9.09. The summed E-state index contributed by atoms with van der Waals surface area (Å²) in [5.74, 6) is 0.304. The molecule has 0 radical (unpaired) electrons. The number of carbonyl (C=O) groups excluding carboxylic acids is 1. The van der Waals surface area contributed by atoms with Crippen LogP contribution in [0.5, 0.6) is 5.75 Å². The van der Waals surface area contributed by atoms with Crippen LogP contribution < -0.4 is 10.1 Å². The predicted octanol–water partition coefficient (Wildman–Crippen LogP) is 3.49. The van der Waals surface area contributed by atoms with Gasteiger partial charge in [-0.1, -0.05) is 36.4 Å². The summed E-state index contributed by atoms with van der Waals surface area (Å²) in [6.45, 7) is 0.664. The van der Waals surface area contributed by atoms with E-state index in [1.165, 1.54) is 23.5 Å². The van der Waals surface area contributed by atoms with Gasteiger partial charge in [0.2, 0.25) is 5.91 Å². The fourth-order valence-electron chi connectivity index (χ4n) is 2.34. The highest BCUT2D eigenvalue weighted by molar-refractivity contribution is 7.09. The molecular formula is C19H17N3O4S. The van der Waals surface area contributed by atoms with E-state index in [0.29, 0.717) is 23.0 Å². The van der Waals surface area contributed by atoms with E-state index in [1.54, 1.807) is 12.1 Å². The highest BCUT2D eigenvalue weighted by Gasteiger charge is 2.10. The Balaban J connectivity index is 1.48. The van der Waals surface area contributed by atoms with Crippen LogP contribution in [0.2, 0.25) is 0 Å². The molecule has 1 N–H and O–H groups in total. The lowest BCUT2D eigenvalue weighted by atomic mass is 10.2. The number of ether oxygens (including phenoxy) is 1. The van der Waals surface area contributed by atoms with Gasteiger partial charge < -0.3 is 10.1 Å². The number of nitro groups is 1. The van der Waals surface area contributed by atoms with Crippen LogP contribution in [-0.2, 0) is 24.4 Å². The minimum atomic E-state index is -0.470. The standard InChI is InChI=1S/C19H17N3O4S/c23-18(20-11-14-5-2-1-3-6-14)10-19-21-15(13-27-19)12-26-17-8-4-7-16(9-17)22(24)25/h1-9,13H,10-12H2,(H,20,23). The smallest absolute Gasteiger partial charge is 0.273 e. The van der Waals surface area contributed by atoms with Crippen molar-refractivity contribution >= 4 is 22.9 Å². The van der Waals surface area contributed by atoms with Crippen LogP contribution >= 0.6 is 11.3 Å². The fraction of sp³-hybridized carbons (Fsp3) is 0.158. The van der Waals surface area contributed by atoms with E-state index in [0.717, 1.165) is 5.56 Å². The van der Waals surface area contributed by atoms with Crippen LogP contribution in [0.25, 0.3) is 0 Å². The van der Waals surface area contributed by atoms with Crippen LogP contribution in [0.4, 0.5) is 5.69 Å². The molecule has 0 aliphatic rings. The van der Waals surface area contributed by atoms with E-state index < -0.39 is 4.92 Å². The van der Waals surface area contributed by atoms with Gasteiger partial charge in [-0.25, -0.2) is 4.98 Å². The first-order chi connectivity index (χ1) is 13.1. The number of nitrogens with one attached hydrogen (secondary N) is 1. The van der Waals surface area contributed by atoms with E-state index in [1.807, 2.05) is 35.7 Å². The number of rotatable bonds is 8. The first kappa shape index (κ1) is 18.5. The Morgan fingerprint density at radius 2 is 2.00 bits per heavy atom. The van der Waals surface area contributed by atoms with Crippen molar-refractivity contribution in [2.75, 3.05) is 0 Å². The first-order valence-electron chi connectivity index (χ1n) is 8.21. The lowest BCUT2D eigenvalue weighted by Gasteiger charge is -2.04. The number of nitro benzene ring substituents is 1. The number of carbonyl (C=O) groups is 1. The second-order valence-corrected chi connectivity index (χ2v) is 6.66. The van der Waals surface area contributed by atoms with Crippen LogP contribution in [0, 0.1) is 10.1 Å². The number of benzene rings is 2. The molecule has 1 aromatic heterocycles. The molecule has 27 heavy (non-hydrogen) atoms. The van der Waals surface area contributed by atoms with Crippen molar-refractivity contribution in [2.45, 2.75) is 19.6 Å². The van der Waals surface area contributed by atoms with Crippen molar-refractivity contribution in [1.29, 1.82) is 0 Å². The Hall–Kier alpha value is -3.26. The van der Waals surface area contributed by atoms with Crippen molar-refractivity contribution in [3.8, 4) is 5.75 Å². The molecule has 138 valence electrons. The summed E-state index contributed by atoms with van der Waals surface area (Å²) in [4.78, 5) is 26.7. The Kier molecular flexibility index (Phi) is 6.11. The lowest BCUT2D eigenvalue weighted by Crippen LogP contribution is -2.24. The van der Waals surface area contributed by atoms with Gasteiger partial charge in [-0.05, 0) is 11.6 Å². The zero-order valence-corrected chi connectivity index (χ0v) is 15.1. The number of thiazole rings is 1. The van der Waals surface area contributed by atoms with Gasteiger partial charge in [0.1, 0.15) is 17.4 Å². The molecule has 0 saturated heterocycles. The number of hydrogen-bond donors (Lipinski definition) is 1. The maximum absolute atomic E-state index is 12.0. The second-order valence-electron chi connectivity index (χ2n) is 5.71. The zero-order valence-electron chi connectivity index (χ0n) is 14.3. The summed E-state index contributed by atoms with van der Waals surface area (Å²) in [6.07, 6.45) is 0.203. The number of hydrogen-bond acceptors (Lipinski definition) is 6. The lowest BCUT2D eigenvalue weighted by molar-refractivity contribution is -0.384. The Morgan fingerprint density at radius 3 is 2.78 bits per heavy atom. The average Bonchev–Trinajstić information content (AvgIpc) is 3.13. The molecule has 7 nitrogen and oxygen atoms in total. The molecule has 0 aliphatic heterocycles. The molecule has 0 atom stereocenters. The van der Waals surface area contributed by atoms with Gasteiger partial charge in [-0.15, -0.1) is 11.3 Å². The second kappa shape index (κ2) is 8.91. The average molecular weight is 383 g/mol. The van der Waals surface area contributed by atoms with Crippen molar-refractivity contribution in [2.24, 2.45) is 0 Å². The van der Waals surface area contributed by atoms with E-state index >= 15 is 0 Å². The molecule has 3 rings (SSSR count). The normalized spacial score (nSPS) is 10.4. The molecule has 3 aromatic rings. The third kappa shape index (κ3) is 5.61. The van der Waals surface area contributed by atoms with Crippen molar-refractivity contribution in [3.63, 3.8) is 0 Å². The van der Waals surface area contributed by atoms with Gasteiger partial charge in [0.15, 0.2) is 0 Å².